The number of carbonyl (C=O) groups is 1. The maximum absolute atomic E-state index is 12.3. The van der Waals surface area contributed by atoms with Crippen molar-refractivity contribution in [2.75, 3.05) is 32.3 Å². The average Bonchev–Trinajstić information content (AvgIpc) is 3.01. The van der Waals surface area contributed by atoms with Crippen LogP contribution < -0.4 is 16.6 Å². The fourth-order valence-corrected chi connectivity index (χ4v) is 2.28. The average molecular weight is 294 g/mol. The van der Waals surface area contributed by atoms with E-state index in [9.17, 15) is 4.79 Å². The molecule has 0 bridgehead atoms. The van der Waals surface area contributed by atoms with Gasteiger partial charge in [0.25, 0.3) is 5.91 Å². The van der Waals surface area contributed by atoms with Crippen molar-refractivity contribution in [3.63, 3.8) is 0 Å². The van der Waals surface area contributed by atoms with Crippen LogP contribution in [0.1, 0.15) is 29.4 Å². The van der Waals surface area contributed by atoms with Crippen LogP contribution in [-0.4, -0.2) is 43.4 Å². The molecule has 1 saturated heterocycles. The quantitative estimate of drug-likeness (QED) is 0.521. The molecule has 1 amide bonds. The summed E-state index contributed by atoms with van der Waals surface area (Å²) >= 11 is 0. The van der Waals surface area contributed by atoms with Crippen molar-refractivity contribution in [3.8, 4) is 0 Å². The zero-order valence-electron chi connectivity index (χ0n) is 12.4. The van der Waals surface area contributed by atoms with Crippen LogP contribution in [0.4, 0.5) is 5.82 Å². The van der Waals surface area contributed by atoms with Gasteiger partial charge in [-0.3, -0.25) is 4.79 Å². The summed E-state index contributed by atoms with van der Waals surface area (Å²) in [5.41, 5.74) is 3.39. The fraction of sp³-hybridized carbons (Fsp3) is 0.571. The molecule has 21 heavy (non-hydrogen) atoms. The highest BCUT2D eigenvalue weighted by Crippen LogP contribution is 2.21. The van der Waals surface area contributed by atoms with Crippen LogP contribution in [0, 0.1) is 0 Å². The number of aromatic nitrogens is 1. The summed E-state index contributed by atoms with van der Waals surface area (Å²) in [6, 6.07) is 3.39. The number of rotatable bonds is 6. The molecule has 1 aromatic rings. The Morgan fingerprint density at radius 1 is 1.57 bits per heavy atom. The summed E-state index contributed by atoms with van der Waals surface area (Å²) in [6.07, 6.45) is 1.50. The molecule has 2 heterocycles. The van der Waals surface area contributed by atoms with E-state index in [-0.39, 0.29) is 5.91 Å². The van der Waals surface area contributed by atoms with Crippen molar-refractivity contribution in [2.24, 2.45) is 5.84 Å². The number of ether oxygens (including phenoxy) is 2. The lowest BCUT2D eigenvalue weighted by Crippen LogP contribution is -2.45. The Morgan fingerprint density at radius 2 is 2.38 bits per heavy atom. The highest BCUT2D eigenvalue weighted by Gasteiger charge is 2.35. The van der Waals surface area contributed by atoms with E-state index >= 15 is 0 Å². The molecule has 4 N–H and O–H groups in total. The Balaban J connectivity index is 2.06. The number of nitrogen functional groups attached to an aromatic ring is 1. The first-order valence-electron chi connectivity index (χ1n) is 7.01. The molecular formula is C14H22N4O3. The predicted molar refractivity (Wildman–Crippen MR) is 78.9 cm³/mol. The van der Waals surface area contributed by atoms with Gasteiger partial charge in [0, 0.05) is 37.9 Å². The number of carbonyl (C=O) groups excluding carboxylic acids is 1. The number of nitrogens with zero attached hydrogens (tertiary/aromatic N) is 1. The molecule has 2 rings (SSSR count). The zero-order chi connectivity index (χ0) is 15.3. The van der Waals surface area contributed by atoms with Crippen LogP contribution in [0.25, 0.3) is 0 Å². The van der Waals surface area contributed by atoms with Gasteiger partial charge in [-0.1, -0.05) is 6.92 Å². The van der Waals surface area contributed by atoms with Gasteiger partial charge >= 0.3 is 0 Å². The van der Waals surface area contributed by atoms with Crippen LogP contribution in [0.2, 0.25) is 0 Å². The van der Waals surface area contributed by atoms with Gasteiger partial charge < -0.3 is 20.2 Å². The summed E-state index contributed by atoms with van der Waals surface area (Å²) in [5.74, 6) is 5.68. The highest BCUT2D eigenvalue weighted by atomic mass is 16.5. The fourth-order valence-electron chi connectivity index (χ4n) is 2.28. The van der Waals surface area contributed by atoms with Gasteiger partial charge in [-0.25, -0.2) is 10.8 Å². The van der Waals surface area contributed by atoms with Crippen LogP contribution >= 0.6 is 0 Å². The minimum absolute atomic E-state index is 0.174. The van der Waals surface area contributed by atoms with Gasteiger partial charge in [-0.05, 0) is 18.6 Å². The molecule has 7 nitrogen and oxygen atoms in total. The summed E-state index contributed by atoms with van der Waals surface area (Å²) < 4.78 is 10.8. The van der Waals surface area contributed by atoms with E-state index in [1.165, 1.54) is 0 Å². The Morgan fingerprint density at radius 3 is 2.95 bits per heavy atom. The second-order valence-electron chi connectivity index (χ2n) is 5.10. The van der Waals surface area contributed by atoms with Crippen molar-refractivity contribution < 1.29 is 14.3 Å². The minimum Gasteiger partial charge on any atom is -0.378 e. The van der Waals surface area contributed by atoms with E-state index in [4.69, 9.17) is 15.3 Å². The molecule has 0 aromatic carbocycles. The monoisotopic (exact) mass is 294 g/mol. The molecule has 1 aliphatic rings. The van der Waals surface area contributed by atoms with Crippen LogP contribution in [0.5, 0.6) is 0 Å². The zero-order valence-corrected chi connectivity index (χ0v) is 12.4. The number of nitrogens with one attached hydrogen (secondary N) is 2. The van der Waals surface area contributed by atoms with Crippen molar-refractivity contribution in [1.29, 1.82) is 0 Å². The second kappa shape index (κ2) is 6.84. The maximum Gasteiger partial charge on any atom is 0.251 e. The molecular weight excluding hydrogens is 272 g/mol. The Kier molecular flexibility index (Phi) is 5.11. The standard InChI is InChI=1S/C14H22N4O3/c1-3-11-6-10(7-12(17-11)18-15)13(19)16-8-14(20-2)4-5-21-9-14/h6-7H,3-5,8-9,15H2,1-2H3,(H,16,19)(H,17,18). The largest absolute Gasteiger partial charge is 0.378 e. The Bertz CT molecular complexity index is 479. The van der Waals surface area contributed by atoms with E-state index in [1.54, 1.807) is 19.2 Å². The van der Waals surface area contributed by atoms with Crippen LogP contribution in [0.3, 0.4) is 0 Å². The van der Waals surface area contributed by atoms with Gasteiger partial charge in [0.15, 0.2) is 0 Å². The first kappa shape index (κ1) is 15.7. The molecule has 0 aliphatic carbocycles. The number of methoxy groups -OCH3 is 1. The molecule has 116 valence electrons. The number of pyridine rings is 1. The SMILES string of the molecule is CCc1cc(C(=O)NCC2(OC)CCOC2)cc(NN)n1. The number of anilines is 1. The van der Waals surface area contributed by atoms with Crippen LogP contribution in [0.15, 0.2) is 12.1 Å². The third-order valence-electron chi connectivity index (χ3n) is 3.72. The number of hydrogen-bond donors (Lipinski definition) is 3. The minimum atomic E-state index is -0.425. The number of hydrogen-bond acceptors (Lipinski definition) is 6. The van der Waals surface area contributed by atoms with Crippen molar-refractivity contribution in [2.45, 2.75) is 25.4 Å². The first-order chi connectivity index (χ1) is 10.1. The normalized spacial score (nSPS) is 21.3. The third-order valence-corrected chi connectivity index (χ3v) is 3.72. The highest BCUT2D eigenvalue weighted by molar-refractivity contribution is 5.95. The number of amides is 1. The summed E-state index contributed by atoms with van der Waals surface area (Å²) in [4.78, 5) is 16.6. The summed E-state index contributed by atoms with van der Waals surface area (Å²) in [6.45, 7) is 3.54. The third kappa shape index (κ3) is 3.69. The topological polar surface area (TPSA) is 98.5 Å². The Hall–Kier alpha value is -1.70. The van der Waals surface area contributed by atoms with Gasteiger partial charge in [0.05, 0.1) is 6.61 Å². The summed E-state index contributed by atoms with van der Waals surface area (Å²) in [7, 11) is 1.64. The molecule has 1 atom stereocenters. The molecule has 0 saturated carbocycles. The first-order valence-corrected chi connectivity index (χ1v) is 7.01. The van der Waals surface area contributed by atoms with Gasteiger partial charge in [0.2, 0.25) is 0 Å². The second-order valence-corrected chi connectivity index (χ2v) is 5.10. The molecule has 1 aliphatic heterocycles. The van der Waals surface area contributed by atoms with E-state index < -0.39 is 5.60 Å². The molecule has 1 unspecified atom stereocenters. The predicted octanol–water partition coefficient (Wildman–Crippen LogP) is 0.465. The van der Waals surface area contributed by atoms with E-state index in [1.807, 2.05) is 6.92 Å². The van der Waals surface area contributed by atoms with Gasteiger partial charge in [-0.2, -0.15) is 0 Å². The van der Waals surface area contributed by atoms with Crippen molar-refractivity contribution >= 4 is 11.7 Å². The molecule has 0 spiro atoms. The summed E-state index contributed by atoms with van der Waals surface area (Å²) in [5, 5.41) is 2.89. The number of hydrazine groups is 1. The van der Waals surface area contributed by atoms with Crippen molar-refractivity contribution in [1.82, 2.24) is 10.3 Å². The number of nitrogens with two attached hydrogens (primary N) is 1. The lowest BCUT2D eigenvalue weighted by atomic mass is 10.0. The maximum atomic E-state index is 12.3. The Labute approximate surface area is 124 Å². The molecule has 1 aromatic heterocycles. The lowest BCUT2D eigenvalue weighted by molar-refractivity contribution is -0.0148. The number of aryl methyl sites for hydroxylation is 1. The molecule has 7 heteroatoms. The van der Waals surface area contributed by atoms with E-state index in [0.29, 0.717) is 31.1 Å². The van der Waals surface area contributed by atoms with E-state index in [2.05, 4.69) is 15.7 Å². The molecule has 1 fully saturated rings. The van der Waals surface area contributed by atoms with Gasteiger partial charge in [-0.15, -0.1) is 0 Å². The lowest BCUT2D eigenvalue weighted by Gasteiger charge is -2.25. The van der Waals surface area contributed by atoms with Crippen LogP contribution in [-0.2, 0) is 15.9 Å². The van der Waals surface area contributed by atoms with Gasteiger partial charge in [0.1, 0.15) is 11.4 Å². The van der Waals surface area contributed by atoms with E-state index in [0.717, 1.165) is 18.5 Å². The molecule has 0 radical (unpaired) electrons. The van der Waals surface area contributed by atoms with Crippen molar-refractivity contribution in [3.05, 3.63) is 23.4 Å². The smallest absolute Gasteiger partial charge is 0.251 e.